The third-order valence-electron chi connectivity index (χ3n) is 5.15. The zero-order valence-electron chi connectivity index (χ0n) is 16.2. The zero-order chi connectivity index (χ0) is 19.4. The summed E-state index contributed by atoms with van der Waals surface area (Å²) in [6.07, 6.45) is -1.35. The second kappa shape index (κ2) is 8.69. The minimum absolute atomic E-state index is 0.102. The molecule has 145 valence electrons. The van der Waals surface area contributed by atoms with Crippen LogP contribution in [0.25, 0.3) is 0 Å². The third-order valence-corrected chi connectivity index (χ3v) is 9.77. The molecule has 1 rings (SSSR count). The van der Waals surface area contributed by atoms with Crippen LogP contribution in [-0.2, 0) is 10.3 Å². The fourth-order valence-corrected chi connectivity index (χ4v) is 6.17. The van der Waals surface area contributed by atoms with Crippen molar-refractivity contribution in [3.8, 4) is 0 Å². The van der Waals surface area contributed by atoms with Crippen LogP contribution < -0.4 is 5.73 Å². The Morgan fingerprint density at radius 2 is 1.60 bits per heavy atom. The van der Waals surface area contributed by atoms with E-state index in [4.69, 9.17) is 10.2 Å². The molecule has 25 heavy (non-hydrogen) atoms. The van der Waals surface area contributed by atoms with Gasteiger partial charge in [0, 0.05) is 11.6 Å². The van der Waals surface area contributed by atoms with Crippen molar-refractivity contribution in [2.24, 2.45) is 11.7 Å². The lowest BCUT2D eigenvalue weighted by atomic mass is 9.92. The Morgan fingerprint density at radius 3 is 2.00 bits per heavy atom. The van der Waals surface area contributed by atoms with Crippen molar-refractivity contribution in [2.45, 2.75) is 77.7 Å². The summed E-state index contributed by atoms with van der Waals surface area (Å²) < 4.78 is 51.5. The van der Waals surface area contributed by atoms with E-state index < -0.39 is 43.7 Å². The number of alkyl halides is 2. The van der Waals surface area contributed by atoms with Crippen molar-refractivity contribution in [2.75, 3.05) is 0 Å². The van der Waals surface area contributed by atoms with Crippen molar-refractivity contribution in [1.29, 1.82) is 0 Å². The molecule has 0 aliphatic heterocycles. The Hall–Kier alpha value is -0.853. The molecule has 2 N–H and O–H groups in total. The van der Waals surface area contributed by atoms with E-state index in [1.807, 2.05) is 20.8 Å². The first kappa shape index (κ1) is 22.2. The first-order valence-electron chi connectivity index (χ1n) is 9.16. The molecule has 2 nitrogen and oxygen atoms in total. The number of nitrogens with two attached hydrogens (primary N) is 1. The summed E-state index contributed by atoms with van der Waals surface area (Å²) in [4.78, 5) is 0. The van der Waals surface area contributed by atoms with Gasteiger partial charge in [-0.05, 0) is 27.2 Å². The molecule has 0 aliphatic carbocycles. The average Bonchev–Trinajstić information content (AvgIpc) is 2.55. The highest BCUT2D eigenvalue weighted by Crippen LogP contribution is 2.42. The Morgan fingerprint density at radius 1 is 1.08 bits per heavy atom. The van der Waals surface area contributed by atoms with Gasteiger partial charge in [-0.1, -0.05) is 46.8 Å². The molecule has 0 aliphatic rings. The normalized spacial score (nSPS) is 15.5. The van der Waals surface area contributed by atoms with Crippen molar-refractivity contribution in [3.63, 3.8) is 0 Å². The first-order chi connectivity index (χ1) is 11.6. The predicted octanol–water partition coefficient (Wildman–Crippen LogP) is 5.98. The quantitative estimate of drug-likeness (QED) is 0.539. The largest absolute Gasteiger partial charge is 0.558 e. The van der Waals surface area contributed by atoms with Crippen molar-refractivity contribution < 1.29 is 17.6 Å². The van der Waals surface area contributed by atoms with E-state index in [-0.39, 0.29) is 5.56 Å². The zero-order valence-corrected chi connectivity index (χ0v) is 17.2. The van der Waals surface area contributed by atoms with Crippen LogP contribution in [0.3, 0.4) is 0 Å². The topological polar surface area (TPSA) is 35.2 Å². The number of rotatable bonds is 9. The number of hydrogen-bond acceptors (Lipinski definition) is 2. The first-order valence-corrected chi connectivity index (χ1v) is 11.7. The maximum atomic E-state index is 15.3. The van der Waals surface area contributed by atoms with Gasteiger partial charge in [0.15, 0.2) is 0 Å². The molecule has 0 radical (unpaired) electrons. The molecule has 1 aromatic rings. The molecule has 6 heteroatoms. The monoisotopic (exact) mass is 375 g/mol. The second-order valence-electron chi connectivity index (χ2n) is 7.15. The molecule has 0 heterocycles. The van der Waals surface area contributed by atoms with Gasteiger partial charge in [-0.15, -0.1) is 18.1 Å². The van der Waals surface area contributed by atoms with E-state index in [0.29, 0.717) is 0 Å². The van der Waals surface area contributed by atoms with Crippen molar-refractivity contribution in [3.05, 3.63) is 35.1 Å². The molecular weight excluding hydrogens is 343 g/mol. The van der Waals surface area contributed by atoms with Crippen LogP contribution in [0.4, 0.5) is 13.2 Å². The van der Waals surface area contributed by atoms with E-state index >= 15 is 8.78 Å². The molecule has 2 atom stereocenters. The smallest absolute Gasteiger partial charge is 0.298 e. The lowest BCUT2D eigenvalue weighted by molar-refractivity contribution is -0.127. The maximum Gasteiger partial charge on any atom is 0.298 e. The van der Waals surface area contributed by atoms with Crippen LogP contribution in [0.15, 0.2) is 18.2 Å². The van der Waals surface area contributed by atoms with E-state index in [1.54, 1.807) is 20.8 Å². The molecular formula is C19H32F3NOSi-. The molecule has 0 saturated carbocycles. The number of benzene rings is 1. The Balaban J connectivity index is 3.38. The van der Waals surface area contributed by atoms with Crippen LogP contribution in [0, 0.1) is 11.7 Å². The highest BCUT2D eigenvalue weighted by molar-refractivity contribution is 6.73. The summed E-state index contributed by atoms with van der Waals surface area (Å²) in [5, 5.41) is 0. The van der Waals surface area contributed by atoms with Crippen LogP contribution in [0.1, 0.15) is 58.7 Å². The van der Waals surface area contributed by atoms with E-state index in [1.165, 1.54) is 12.1 Å². The van der Waals surface area contributed by atoms with Crippen molar-refractivity contribution in [1.82, 2.24) is 0 Å². The Kier molecular flexibility index (Phi) is 7.71. The summed E-state index contributed by atoms with van der Waals surface area (Å²) in [5.41, 5.74) is 5.20. The summed E-state index contributed by atoms with van der Waals surface area (Å²) in [6, 6.07) is 5.68. The minimum Gasteiger partial charge on any atom is -0.558 e. The van der Waals surface area contributed by atoms with E-state index in [9.17, 15) is 4.39 Å². The summed E-state index contributed by atoms with van der Waals surface area (Å²) in [7, 11) is -2.27. The predicted molar refractivity (Wildman–Crippen MR) is 99.8 cm³/mol. The molecule has 0 saturated heterocycles. The minimum atomic E-state index is -3.42. The van der Waals surface area contributed by atoms with Crippen LogP contribution >= 0.6 is 0 Å². The fraction of sp³-hybridized carbons (Fsp3) is 0.684. The van der Waals surface area contributed by atoms with Gasteiger partial charge in [0.1, 0.15) is 5.82 Å². The van der Waals surface area contributed by atoms with Gasteiger partial charge >= 0.3 is 0 Å². The van der Waals surface area contributed by atoms with Crippen molar-refractivity contribution >= 4 is 8.32 Å². The number of hydrogen-bond donors (Lipinski definition) is 1. The van der Waals surface area contributed by atoms with Gasteiger partial charge < -0.3 is 10.2 Å². The van der Waals surface area contributed by atoms with Gasteiger partial charge in [0.2, 0.25) is 0 Å². The van der Waals surface area contributed by atoms with Gasteiger partial charge in [0.05, 0.1) is 11.7 Å². The average molecular weight is 376 g/mol. The highest BCUT2D eigenvalue weighted by Gasteiger charge is 2.46. The molecule has 0 spiro atoms. The fourth-order valence-electron chi connectivity index (χ4n) is 3.21. The highest BCUT2D eigenvalue weighted by atomic mass is 28.4. The Labute approximate surface area is 151 Å². The van der Waals surface area contributed by atoms with Gasteiger partial charge in [-0.3, -0.25) is 0 Å². The molecule has 0 fully saturated rings. The van der Waals surface area contributed by atoms with Crippen LogP contribution in [-0.4, -0.2) is 14.4 Å². The summed E-state index contributed by atoms with van der Waals surface area (Å²) in [6.45, 7) is 11.0. The SMILES string of the molecule is CC[Si-](CC)(CC)OC(C(C)C)C(F)(F)c1cccc([C@@H](C)N)c1F. The lowest BCUT2D eigenvalue weighted by Crippen LogP contribution is -2.48. The van der Waals surface area contributed by atoms with Gasteiger partial charge in [-0.2, -0.15) is 8.78 Å². The summed E-state index contributed by atoms with van der Waals surface area (Å²) >= 11 is 0. The van der Waals surface area contributed by atoms with Gasteiger partial charge in [0.25, 0.3) is 5.92 Å². The molecule has 0 amide bonds. The molecule has 0 bridgehead atoms. The molecule has 1 aromatic carbocycles. The summed E-state index contributed by atoms with van der Waals surface area (Å²) in [5.74, 6) is -4.78. The maximum absolute atomic E-state index is 15.3. The van der Waals surface area contributed by atoms with E-state index in [2.05, 4.69) is 0 Å². The van der Waals surface area contributed by atoms with Gasteiger partial charge in [-0.25, -0.2) is 4.39 Å². The van der Waals surface area contributed by atoms with Crippen LogP contribution in [0.2, 0.25) is 18.1 Å². The second-order valence-corrected chi connectivity index (χ2v) is 11.9. The van der Waals surface area contributed by atoms with Crippen LogP contribution in [0.5, 0.6) is 0 Å². The number of halogens is 3. The lowest BCUT2D eigenvalue weighted by Gasteiger charge is -2.48. The Bertz CT molecular complexity index is 551. The standard InChI is InChI=1S/C19H32F3NOSi/c1-7-25(8-2,9-3)24-18(13(4)5)19(21,22)16-12-10-11-15(14(6)23)17(16)20/h10-14,18H,7-9,23H2,1-6H3/q-1/t14-,18?/m1/s1. The molecule has 1 unspecified atom stereocenters. The third kappa shape index (κ3) is 4.66. The molecule has 0 aromatic heterocycles. The van der Waals surface area contributed by atoms with E-state index in [0.717, 1.165) is 24.2 Å².